The number of methoxy groups -OCH3 is 1. The summed E-state index contributed by atoms with van der Waals surface area (Å²) in [6, 6.07) is 11.9. The molecule has 1 aliphatic rings. The summed E-state index contributed by atoms with van der Waals surface area (Å²) in [4.78, 5) is 16.0. The lowest BCUT2D eigenvalue weighted by molar-refractivity contribution is -0.137. The summed E-state index contributed by atoms with van der Waals surface area (Å²) in [6.07, 6.45) is -4.34. The van der Waals surface area contributed by atoms with Gasteiger partial charge in [-0.05, 0) is 48.5 Å². The average molecular weight is 379 g/mol. The standard InChI is InChI=1S/C19H20F3N3O2/c1-27-17-8-4-15(5-9-17)23-18(26)25-12-10-24(11-13-25)16-6-2-14(3-7-16)19(20,21)22/h2-9H,10-13H2,1H3,(H,23,26). The first-order chi connectivity index (χ1) is 12.9. The predicted molar refractivity (Wildman–Crippen MR) is 97.2 cm³/mol. The van der Waals surface area contributed by atoms with Gasteiger partial charge < -0.3 is 19.9 Å². The molecule has 8 heteroatoms. The minimum atomic E-state index is -4.34. The van der Waals surface area contributed by atoms with Crippen molar-refractivity contribution in [2.24, 2.45) is 0 Å². The normalized spacial score (nSPS) is 14.8. The van der Waals surface area contributed by atoms with Gasteiger partial charge in [-0.25, -0.2) is 4.79 Å². The van der Waals surface area contributed by atoms with Crippen LogP contribution in [0.5, 0.6) is 5.75 Å². The molecule has 2 aromatic carbocycles. The third-order valence-electron chi connectivity index (χ3n) is 4.47. The SMILES string of the molecule is COc1ccc(NC(=O)N2CCN(c3ccc(C(F)(F)F)cc3)CC2)cc1. The fourth-order valence-corrected chi connectivity index (χ4v) is 2.91. The monoisotopic (exact) mass is 379 g/mol. The Hall–Kier alpha value is -2.90. The topological polar surface area (TPSA) is 44.8 Å². The van der Waals surface area contributed by atoms with E-state index in [1.807, 2.05) is 4.90 Å². The van der Waals surface area contributed by atoms with E-state index in [1.165, 1.54) is 12.1 Å². The molecule has 0 aromatic heterocycles. The average Bonchev–Trinajstić information content (AvgIpc) is 2.68. The number of rotatable bonds is 3. The number of anilines is 2. The number of carbonyl (C=O) groups is 1. The largest absolute Gasteiger partial charge is 0.497 e. The number of piperazine rings is 1. The van der Waals surface area contributed by atoms with E-state index in [1.54, 1.807) is 36.3 Å². The summed E-state index contributed by atoms with van der Waals surface area (Å²) in [6.45, 7) is 2.09. The molecule has 0 unspecified atom stereocenters. The number of nitrogens with zero attached hydrogens (tertiary/aromatic N) is 2. The molecule has 3 rings (SSSR count). The smallest absolute Gasteiger partial charge is 0.416 e. The van der Waals surface area contributed by atoms with Gasteiger partial charge in [-0.2, -0.15) is 13.2 Å². The molecule has 0 atom stereocenters. The first-order valence-corrected chi connectivity index (χ1v) is 8.49. The number of ether oxygens (including phenoxy) is 1. The fraction of sp³-hybridized carbons (Fsp3) is 0.316. The van der Waals surface area contributed by atoms with Gasteiger partial charge >= 0.3 is 12.2 Å². The van der Waals surface area contributed by atoms with E-state index < -0.39 is 11.7 Å². The zero-order chi connectivity index (χ0) is 19.4. The predicted octanol–water partition coefficient (Wildman–Crippen LogP) is 4.07. The van der Waals surface area contributed by atoms with E-state index in [9.17, 15) is 18.0 Å². The molecule has 1 fully saturated rings. The van der Waals surface area contributed by atoms with E-state index >= 15 is 0 Å². The summed E-state index contributed by atoms with van der Waals surface area (Å²) in [5.41, 5.74) is 0.730. The zero-order valence-corrected chi connectivity index (χ0v) is 14.8. The minimum Gasteiger partial charge on any atom is -0.497 e. The van der Waals surface area contributed by atoms with E-state index in [4.69, 9.17) is 4.74 Å². The third-order valence-corrected chi connectivity index (χ3v) is 4.47. The molecule has 0 saturated carbocycles. The summed E-state index contributed by atoms with van der Waals surface area (Å²) >= 11 is 0. The van der Waals surface area contributed by atoms with Crippen molar-refractivity contribution in [3.05, 3.63) is 54.1 Å². The van der Waals surface area contributed by atoms with Gasteiger partial charge in [0.25, 0.3) is 0 Å². The van der Waals surface area contributed by atoms with Gasteiger partial charge in [0.2, 0.25) is 0 Å². The second-order valence-electron chi connectivity index (χ2n) is 6.18. The van der Waals surface area contributed by atoms with Gasteiger partial charge in [-0.15, -0.1) is 0 Å². The van der Waals surface area contributed by atoms with Crippen molar-refractivity contribution in [3.63, 3.8) is 0 Å². The highest BCUT2D eigenvalue weighted by molar-refractivity contribution is 5.89. The molecule has 1 heterocycles. The maximum absolute atomic E-state index is 12.7. The van der Waals surface area contributed by atoms with Crippen molar-refractivity contribution in [3.8, 4) is 5.75 Å². The Morgan fingerprint density at radius 2 is 1.56 bits per heavy atom. The van der Waals surface area contributed by atoms with E-state index in [-0.39, 0.29) is 6.03 Å². The summed E-state index contributed by atoms with van der Waals surface area (Å²) < 4.78 is 43.0. The van der Waals surface area contributed by atoms with Gasteiger partial charge in [0, 0.05) is 37.6 Å². The number of carbonyl (C=O) groups excluding carboxylic acids is 1. The van der Waals surface area contributed by atoms with Crippen LogP contribution in [0.2, 0.25) is 0 Å². The van der Waals surface area contributed by atoms with Gasteiger partial charge in [0.15, 0.2) is 0 Å². The Bertz CT molecular complexity index is 768. The third kappa shape index (κ3) is 4.64. The van der Waals surface area contributed by atoms with Crippen molar-refractivity contribution in [1.29, 1.82) is 0 Å². The highest BCUT2D eigenvalue weighted by Gasteiger charge is 2.30. The lowest BCUT2D eigenvalue weighted by Crippen LogP contribution is -2.50. The summed E-state index contributed by atoms with van der Waals surface area (Å²) in [5, 5.41) is 2.83. The van der Waals surface area contributed by atoms with Crippen LogP contribution in [0.4, 0.5) is 29.3 Å². The number of urea groups is 1. The number of hydrogen-bond donors (Lipinski definition) is 1. The molecule has 1 saturated heterocycles. The quantitative estimate of drug-likeness (QED) is 0.875. The van der Waals surface area contributed by atoms with E-state index in [0.29, 0.717) is 37.6 Å². The van der Waals surface area contributed by atoms with Crippen LogP contribution in [0.3, 0.4) is 0 Å². The van der Waals surface area contributed by atoms with Crippen LogP contribution in [0.25, 0.3) is 0 Å². The van der Waals surface area contributed by atoms with Crippen LogP contribution in [0.15, 0.2) is 48.5 Å². The Morgan fingerprint density at radius 3 is 2.07 bits per heavy atom. The molecule has 1 N–H and O–H groups in total. The molecule has 0 bridgehead atoms. The van der Waals surface area contributed by atoms with Crippen molar-refractivity contribution in [1.82, 2.24) is 4.90 Å². The van der Waals surface area contributed by atoms with Gasteiger partial charge in [0.05, 0.1) is 12.7 Å². The number of halogens is 3. The highest BCUT2D eigenvalue weighted by Crippen LogP contribution is 2.30. The molecule has 2 amide bonds. The second-order valence-corrected chi connectivity index (χ2v) is 6.18. The minimum absolute atomic E-state index is 0.202. The Kier molecular flexibility index (Phi) is 5.43. The summed E-state index contributed by atoms with van der Waals surface area (Å²) in [5.74, 6) is 0.707. The number of hydrogen-bond acceptors (Lipinski definition) is 3. The highest BCUT2D eigenvalue weighted by atomic mass is 19.4. The van der Waals surface area contributed by atoms with E-state index in [0.717, 1.165) is 17.8 Å². The molecular formula is C19H20F3N3O2. The van der Waals surface area contributed by atoms with Crippen molar-refractivity contribution in [2.75, 3.05) is 43.5 Å². The van der Waals surface area contributed by atoms with Crippen LogP contribution in [-0.2, 0) is 6.18 Å². The first-order valence-electron chi connectivity index (χ1n) is 8.49. The first kappa shape index (κ1) is 18.9. The lowest BCUT2D eigenvalue weighted by Gasteiger charge is -2.36. The molecular weight excluding hydrogens is 359 g/mol. The van der Waals surface area contributed by atoms with Gasteiger partial charge in [-0.3, -0.25) is 0 Å². The molecule has 0 spiro atoms. The van der Waals surface area contributed by atoms with Crippen molar-refractivity contribution < 1.29 is 22.7 Å². The summed E-state index contributed by atoms with van der Waals surface area (Å²) in [7, 11) is 1.57. The Balaban J connectivity index is 1.54. The second kappa shape index (κ2) is 7.77. The Labute approximate surface area is 155 Å². The van der Waals surface area contributed by atoms with E-state index in [2.05, 4.69) is 5.32 Å². The van der Waals surface area contributed by atoms with Crippen LogP contribution >= 0.6 is 0 Å². The van der Waals surface area contributed by atoms with Gasteiger partial charge in [0.1, 0.15) is 5.75 Å². The number of alkyl halides is 3. The maximum atomic E-state index is 12.7. The van der Waals surface area contributed by atoms with Crippen LogP contribution in [-0.4, -0.2) is 44.2 Å². The van der Waals surface area contributed by atoms with Crippen LogP contribution in [0, 0.1) is 0 Å². The fourth-order valence-electron chi connectivity index (χ4n) is 2.91. The molecule has 27 heavy (non-hydrogen) atoms. The van der Waals surface area contributed by atoms with Crippen LogP contribution in [0.1, 0.15) is 5.56 Å². The molecule has 5 nitrogen and oxygen atoms in total. The van der Waals surface area contributed by atoms with Crippen molar-refractivity contribution >= 4 is 17.4 Å². The molecule has 0 aliphatic carbocycles. The lowest BCUT2D eigenvalue weighted by atomic mass is 10.1. The zero-order valence-electron chi connectivity index (χ0n) is 14.8. The van der Waals surface area contributed by atoms with Crippen LogP contribution < -0.4 is 15.0 Å². The molecule has 0 radical (unpaired) electrons. The Morgan fingerprint density at radius 1 is 0.963 bits per heavy atom. The number of benzene rings is 2. The molecule has 2 aromatic rings. The maximum Gasteiger partial charge on any atom is 0.416 e. The number of nitrogens with one attached hydrogen (secondary N) is 1. The van der Waals surface area contributed by atoms with Gasteiger partial charge in [-0.1, -0.05) is 0 Å². The molecule has 1 aliphatic heterocycles. The van der Waals surface area contributed by atoms with Crippen molar-refractivity contribution in [2.45, 2.75) is 6.18 Å². The molecule has 144 valence electrons. The number of amides is 2.